The number of hydrogen-bond acceptors (Lipinski definition) is 1. The van der Waals surface area contributed by atoms with Crippen molar-refractivity contribution in [1.29, 1.82) is 0 Å². The molecule has 0 bridgehead atoms. The van der Waals surface area contributed by atoms with Crippen LogP contribution < -0.4 is 4.74 Å². The zero-order valence-corrected chi connectivity index (χ0v) is 14.6. The van der Waals surface area contributed by atoms with Gasteiger partial charge in [-0.25, -0.2) is 0 Å². The van der Waals surface area contributed by atoms with E-state index in [1.165, 1.54) is 0 Å². The van der Waals surface area contributed by atoms with E-state index in [0.717, 1.165) is 41.6 Å². The van der Waals surface area contributed by atoms with Gasteiger partial charge in [0.1, 0.15) is 13.9 Å². The summed E-state index contributed by atoms with van der Waals surface area (Å²) in [6, 6.07) is 17.6. The Morgan fingerprint density at radius 2 is 1.74 bits per heavy atom. The van der Waals surface area contributed by atoms with Crippen LogP contribution in [-0.4, -0.2) is 14.7 Å². The lowest BCUT2D eigenvalue weighted by molar-refractivity contribution is -0.0498. The van der Waals surface area contributed by atoms with Crippen molar-refractivity contribution in [2.24, 2.45) is 0 Å². The summed E-state index contributed by atoms with van der Waals surface area (Å²) < 4.78 is 29.7. The first-order valence-corrected chi connectivity index (χ1v) is 11.3. The van der Waals surface area contributed by atoms with Gasteiger partial charge in [0.25, 0.3) is 0 Å². The molecule has 122 valence electrons. The normalized spacial score (nSPS) is 21.4. The molecule has 2 aromatic rings. The maximum Gasteiger partial charge on any atom is 0.387 e. The van der Waals surface area contributed by atoms with E-state index in [4.69, 9.17) is 11.1 Å². The van der Waals surface area contributed by atoms with Crippen LogP contribution in [0, 0.1) is 0 Å². The molecule has 1 fully saturated rings. The lowest BCUT2D eigenvalue weighted by Crippen LogP contribution is -2.16. The summed E-state index contributed by atoms with van der Waals surface area (Å²) in [7, 11) is -1.06. The van der Waals surface area contributed by atoms with Crippen molar-refractivity contribution in [3.8, 4) is 16.9 Å². The van der Waals surface area contributed by atoms with Crippen molar-refractivity contribution in [2.75, 3.05) is 0 Å². The molecular weight excluding hydrogens is 334 g/mol. The zero-order valence-electron chi connectivity index (χ0n) is 12.7. The third kappa shape index (κ3) is 4.12. The molecule has 1 nitrogen and oxygen atoms in total. The second kappa shape index (κ2) is 7.45. The fourth-order valence-corrected chi connectivity index (χ4v) is 5.87. The maximum atomic E-state index is 12.5. The average Bonchev–Trinajstić information content (AvgIpc) is 2.56. The molecule has 0 saturated carbocycles. The molecule has 0 radical (unpaired) electrons. The molecule has 0 N–H and O–H groups in total. The van der Waals surface area contributed by atoms with Crippen LogP contribution in [0.25, 0.3) is 11.1 Å². The standard InChI is InChI=1S/C18H19ClF2OSi/c19-23-10-8-14(9-11-23)17-12-15(22-18(20)21)6-7-16(17)13-4-2-1-3-5-13/h1-7,12,14,18,23H,8-11H2. The first kappa shape index (κ1) is 16.5. The van der Waals surface area contributed by atoms with E-state index in [2.05, 4.69) is 16.9 Å². The maximum absolute atomic E-state index is 12.5. The number of ether oxygens (including phenoxy) is 1. The smallest absolute Gasteiger partial charge is 0.387 e. The molecule has 1 aliphatic heterocycles. The Morgan fingerprint density at radius 1 is 1.04 bits per heavy atom. The molecule has 23 heavy (non-hydrogen) atoms. The van der Waals surface area contributed by atoms with Crippen LogP contribution in [0.3, 0.4) is 0 Å². The molecule has 0 aromatic heterocycles. The van der Waals surface area contributed by atoms with Crippen molar-refractivity contribution >= 4 is 19.2 Å². The Hall–Kier alpha value is -1.39. The van der Waals surface area contributed by atoms with E-state index < -0.39 is 14.7 Å². The summed E-state index contributed by atoms with van der Waals surface area (Å²) >= 11 is 6.34. The third-order valence-electron chi connectivity index (χ3n) is 4.43. The summed E-state index contributed by atoms with van der Waals surface area (Å²) in [6.07, 6.45) is 2.08. The van der Waals surface area contributed by atoms with Crippen LogP contribution in [0.15, 0.2) is 48.5 Å². The van der Waals surface area contributed by atoms with Crippen molar-refractivity contribution < 1.29 is 13.5 Å². The molecular formula is C18H19ClF2OSi. The molecule has 5 heteroatoms. The van der Waals surface area contributed by atoms with E-state index in [9.17, 15) is 8.78 Å². The van der Waals surface area contributed by atoms with Gasteiger partial charge in [0.2, 0.25) is 0 Å². The summed E-state index contributed by atoms with van der Waals surface area (Å²) in [5, 5.41) is 0. The topological polar surface area (TPSA) is 9.23 Å². The van der Waals surface area contributed by atoms with Gasteiger partial charge < -0.3 is 4.74 Å². The SMILES string of the molecule is FC(F)Oc1ccc(-c2ccccc2)c(C2CC[SiH](Cl)CC2)c1. The van der Waals surface area contributed by atoms with Crippen LogP contribution in [0.1, 0.15) is 24.3 Å². The molecule has 2 aromatic carbocycles. The molecule has 0 spiro atoms. The molecule has 1 saturated heterocycles. The van der Waals surface area contributed by atoms with Gasteiger partial charge in [0.15, 0.2) is 0 Å². The summed E-state index contributed by atoms with van der Waals surface area (Å²) in [4.78, 5) is 0. The van der Waals surface area contributed by atoms with Gasteiger partial charge in [-0.1, -0.05) is 36.4 Å². The van der Waals surface area contributed by atoms with Gasteiger partial charge in [-0.15, -0.1) is 0 Å². The van der Waals surface area contributed by atoms with Crippen LogP contribution in [0.5, 0.6) is 5.75 Å². The van der Waals surface area contributed by atoms with Gasteiger partial charge in [-0.05, 0) is 59.7 Å². The van der Waals surface area contributed by atoms with Gasteiger partial charge >= 0.3 is 6.61 Å². The largest absolute Gasteiger partial charge is 0.435 e. The summed E-state index contributed by atoms with van der Waals surface area (Å²) in [5.41, 5.74) is 3.31. The average molecular weight is 353 g/mol. The zero-order chi connectivity index (χ0) is 16.2. The van der Waals surface area contributed by atoms with Crippen LogP contribution in [-0.2, 0) is 0 Å². The number of rotatable bonds is 4. The lowest BCUT2D eigenvalue weighted by Gasteiger charge is -2.27. The van der Waals surface area contributed by atoms with Gasteiger partial charge in [0.05, 0.1) is 0 Å². The Labute approximate surface area is 141 Å². The number of halogens is 3. The number of hydrogen-bond donors (Lipinski definition) is 0. The lowest BCUT2D eigenvalue weighted by atomic mass is 9.87. The molecule has 1 aliphatic rings. The fourth-order valence-electron chi connectivity index (χ4n) is 3.30. The Bertz CT molecular complexity index is 643. The second-order valence-corrected chi connectivity index (χ2v) is 10.1. The molecule has 0 atom stereocenters. The van der Waals surface area contributed by atoms with Crippen LogP contribution >= 0.6 is 11.1 Å². The van der Waals surface area contributed by atoms with Crippen molar-refractivity contribution in [2.45, 2.75) is 37.5 Å². The van der Waals surface area contributed by atoms with Crippen molar-refractivity contribution in [3.05, 3.63) is 54.1 Å². The molecule has 0 unspecified atom stereocenters. The highest BCUT2D eigenvalue weighted by Crippen LogP contribution is 2.41. The minimum absolute atomic E-state index is 0.236. The van der Waals surface area contributed by atoms with Gasteiger partial charge in [0, 0.05) is 0 Å². The quantitative estimate of drug-likeness (QED) is 0.499. The Morgan fingerprint density at radius 3 is 2.39 bits per heavy atom. The van der Waals surface area contributed by atoms with E-state index in [1.54, 1.807) is 12.1 Å². The highest BCUT2D eigenvalue weighted by molar-refractivity contribution is 7.07. The molecule has 3 rings (SSSR count). The van der Waals surface area contributed by atoms with Crippen LogP contribution in [0.2, 0.25) is 12.1 Å². The van der Waals surface area contributed by atoms with E-state index in [1.807, 2.05) is 24.3 Å². The van der Waals surface area contributed by atoms with Gasteiger partial charge in [-0.2, -0.15) is 19.9 Å². The monoisotopic (exact) mass is 352 g/mol. The fraction of sp³-hybridized carbons (Fsp3) is 0.333. The highest BCUT2D eigenvalue weighted by Gasteiger charge is 2.25. The predicted octanol–water partition coefficient (Wildman–Crippen LogP) is 5.80. The number of alkyl halides is 2. The van der Waals surface area contributed by atoms with E-state index in [0.29, 0.717) is 5.92 Å². The highest BCUT2D eigenvalue weighted by atomic mass is 35.6. The molecule has 0 aliphatic carbocycles. The van der Waals surface area contributed by atoms with Crippen molar-refractivity contribution in [1.82, 2.24) is 0 Å². The Kier molecular flexibility index (Phi) is 5.33. The van der Waals surface area contributed by atoms with Crippen molar-refractivity contribution in [3.63, 3.8) is 0 Å². The van der Waals surface area contributed by atoms with Gasteiger partial charge in [-0.3, -0.25) is 0 Å². The first-order valence-electron chi connectivity index (χ1n) is 7.91. The minimum Gasteiger partial charge on any atom is -0.435 e. The summed E-state index contributed by atoms with van der Waals surface area (Å²) in [6.45, 7) is -2.79. The molecule has 1 heterocycles. The second-order valence-electron chi connectivity index (χ2n) is 5.94. The van der Waals surface area contributed by atoms with E-state index in [-0.39, 0.29) is 5.75 Å². The number of benzene rings is 2. The first-order chi connectivity index (χ1) is 11.1. The Balaban J connectivity index is 1.98. The predicted molar refractivity (Wildman–Crippen MR) is 93.1 cm³/mol. The van der Waals surface area contributed by atoms with E-state index >= 15 is 0 Å². The van der Waals surface area contributed by atoms with Crippen LogP contribution in [0.4, 0.5) is 8.78 Å². The minimum atomic E-state index is -2.79. The summed E-state index contributed by atoms with van der Waals surface area (Å²) in [5.74, 6) is 0.605. The third-order valence-corrected chi connectivity index (χ3v) is 7.66. The molecule has 0 amide bonds.